The lowest BCUT2D eigenvalue weighted by molar-refractivity contribution is 0.199. The van der Waals surface area contributed by atoms with E-state index in [1.165, 1.54) is 0 Å². The summed E-state index contributed by atoms with van der Waals surface area (Å²) in [7, 11) is 1.66. The van der Waals surface area contributed by atoms with Crippen LogP contribution in [0.25, 0.3) is 0 Å². The molecule has 0 radical (unpaired) electrons. The first-order valence-corrected chi connectivity index (χ1v) is 6.76. The highest BCUT2D eigenvalue weighted by Crippen LogP contribution is 2.27. The van der Waals surface area contributed by atoms with E-state index < -0.39 is 0 Å². The summed E-state index contributed by atoms with van der Waals surface area (Å²) in [6, 6.07) is 8.43. The molecule has 0 amide bonds. The van der Waals surface area contributed by atoms with Crippen LogP contribution >= 0.6 is 0 Å². The Kier molecular flexibility index (Phi) is 4.28. The second-order valence-corrected chi connectivity index (χ2v) is 4.92. The number of nitrogens with zero attached hydrogens (tertiary/aromatic N) is 3. The second-order valence-electron chi connectivity index (χ2n) is 4.92. The van der Waals surface area contributed by atoms with Gasteiger partial charge in [-0.15, -0.1) is 0 Å². The Labute approximate surface area is 115 Å². The van der Waals surface area contributed by atoms with Gasteiger partial charge in [-0.05, 0) is 25.6 Å². The molecule has 1 aromatic carbocycles. The Morgan fingerprint density at radius 1 is 1.42 bits per heavy atom. The molecule has 2 rings (SSSR count). The zero-order chi connectivity index (χ0) is 13.8. The number of piperazine rings is 1. The van der Waals surface area contributed by atoms with Crippen LogP contribution in [0, 0.1) is 11.3 Å². The molecule has 1 aliphatic heterocycles. The van der Waals surface area contributed by atoms with Crippen LogP contribution in [0.2, 0.25) is 0 Å². The maximum absolute atomic E-state index is 9.25. The first kappa shape index (κ1) is 13.7. The van der Waals surface area contributed by atoms with E-state index in [9.17, 15) is 5.26 Å². The van der Waals surface area contributed by atoms with Crippen LogP contribution in [0.5, 0.6) is 5.75 Å². The normalized spacial score (nSPS) is 20.1. The summed E-state index contributed by atoms with van der Waals surface area (Å²) in [5.41, 5.74) is 1.71. The minimum absolute atomic E-state index is 0.511. The highest BCUT2D eigenvalue weighted by atomic mass is 16.5. The van der Waals surface area contributed by atoms with Gasteiger partial charge in [-0.2, -0.15) is 5.26 Å². The van der Waals surface area contributed by atoms with Crippen molar-refractivity contribution in [2.75, 3.05) is 38.2 Å². The third-order valence-corrected chi connectivity index (χ3v) is 3.84. The van der Waals surface area contributed by atoms with E-state index in [2.05, 4.69) is 29.7 Å². The van der Waals surface area contributed by atoms with Crippen LogP contribution in [0.3, 0.4) is 0 Å². The average molecular weight is 259 g/mol. The number of rotatable bonds is 3. The fourth-order valence-corrected chi connectivity index (χ4v) is 2.68. The maximum atomic E-state index is 9.25. The number of ether oxygens (including phenoxy) is 1. The summed E-state index contributed by atoms with van der Waals surface area (Å²) < 4.78 is 5.27. The zero-order valence-electron chi connectivity index (χ0n) is 11.9. The lowest BCUT2D eigenvalue weighted by atomic mass is 10.1. The molecule has 0 bridgehead atoms. The molecule has 1 saturated heterocycles. The molecule has 0 saturated carbocycles. The van der Waals surface area contributed by atoms with Gasteiger partial charge in [0.2, 0.25) is 0 Å². The summed E-state index contributed by atoms with van der Waals surface area (Å²) in [4.78, 5) is 4.75. The van der Waals surface area contributed by atoms with Gasteiger partial charge in [0, 0.05) is 31.7 Å². The summed E-state index contributed by atoms with van der Waals surface area (Å²) in [5, 5.41) is 9.25. The van der Waals surface area contributed by atoms with Crippen molar-refractivity contribution in [1.82, 2.24) is 4.90 Å². The smallest absolute Gasteiger partial charge is 0.121 e. The van der Waals surface area contributed by atoms with Crippen molar-refractivity contribution in [3.05, 3.63) is 23.8 Å². The van der Waals surface area contributed by atoms with E-state index in [1.54, 1.807) is 7.11 Å². The molecule has 1 aliphatic rings. The molecule has 1 heterocycles. The van der Waals surface area contributed by atoms with Gasteiger partial charge < -0.3 is 9.64 Å². The Bertz CT molecular complexity index is 481. The Hall–Kier alpha value is -1.73. The Balaban J connectivity index is 2.24. The van der Waals surface area contributed by atoms with Crippen molar-refractivity contribution in [2.45, 2.75) is 19.9 Å². The number of methoxy groups -OCH3 is 1. The molecular weight excluding hydrogens is 238 g/mol. The molecule has 102 valence electrons. The van der Waals surface area contributed by atoms with Gasteiger partial charge in [-0.25, -0.2) is 0 Å². The van der Waals surface area contributed by atoms with Gasteiger partial charge in [-0.1, -0.05) is 6.92 Å². The third-order valence-electron chi connectivity index (χ3n) is 3.84. The number of anilines is 1. The van der Waals surface area contributed by atoms with E-state index >= 15 is 0 Å². The molecular formula is C15H21N3O. The van der Waals surface area contributed by atoms with Crippen LogP contribution in [-0.2, 0) is 0 Å². The van der Waals surface area contributed by atoms with Crippen molar-refractivity contribution in [1.29, 1.82) is 5.26 Å². The topological polar surface area (TPSA) is 39.5 Å². The van der Waals surface area contributed by atoms with Gasteiger partial charge in [0.1, 0.15) is 11.8 Å². The molecule has 19 heavy (non-hydrogen) atoms. The van der Waals surface area contributed by atoms with E-state index in [0.717, 1.165) is 43.2 Å². The van der Waals surface area contributed by atoms with Gasteiger partial charge in [0.05, 0.1) is 18.4 Å². The highest BCUT2D eigenvalue weighted by Gasteiger charge is 2.24. The minimum Gasteiger partial charge on any atom is -0.497 e. The Morgan fingerprint density at radius 2 is 2.21 bits per heavy atom. The van der Waals surface area contributed by atoms with E-state index in [1.807, 2.05) is 18.2 Å². The SMILES string of the molecule is CCN1CCN(c2cc(OC)ccc2C#N)CC1C. The summed E-state index contributed by atoms with van der Waals surface area (Å²) in [6.07, 6.45) is 0. The maximum Gasteiger partial charge on any atom is 0.121 e. The molecule has 0 aliphatic carbocycles. The number of benzene rings is 1. The second kappa shape index (κ2) is 5.94. The molecule has 0 aromatic heterocycles. The molecule has 0 N–H and O–H groups in total. The quantitative estimate of drug-likeness (QED) is 0.833. The van der Waals surface area contributed by atoms with Crippen LogP contribution in [0.15, 0.2) is 18.2 Å². The van der Waals surface area contributed by atoms with Gasteiger partial charge in [0.25, 0.3) is 0 Å². The lowest BCUT2D eigenvalue weighted by Crippen LogP contribution is -2.51. The van der Waals surface area contributed by atoms with Crippen LogP contribution in [0.4, 0.5) is 5.69 Å². The third kappa shape index (κ3) is 2.82. The molecule has 1 aromatic rings. The van der Waals surface area contributed by atoms with Crippen molar-refractivity contribution in [2.24, 2.45) is 0 Å². The van der Waals surface area contributed by atoms with E-state index in [-0.39, 0.29) is 0 Å². The lowest BCUT2D eigenvalue weighted by Gasteiger charge is -2.40. The predicted octanol–water partition coefficient (Wildman–Crippen LogP) is 2.10. The zero-order valence-corrected chi connectivity index (χ0v) is 11.9. The van der Waals surface area contributed by atoms with Gasteiger partial charge in [-0.3, -0.25) is 4.90 Å². The van der Waals surface area contributed by atoms with Gasteiger partial charge in [0.15, 0.2) is 0 Å². The van der Waals surface area contributed by atoms with Crippen LogP contribution < -0.4 is 9.64 Å². The van der Waals surface area contributed by atoms with Crippen LogP contribution in [-0.4, -0.2) is 44.2 Å². The first-order chi connectivity index (χ1) is 9.19. The van der Waals surface area contributed by atoms with Crippen LogP contribution in [0.1, 0.15) is 19.4 Å². The monoisotopic (exact) mass is 259 g/mol. The average Bonchev–Trinajstić information content (AvgIpc) is 2.46. The molecule has 0 spiro atoms. The largest absolute Gasteiger partial charge is 0.497 e. The van der Waals surface area contributed by atoms with Crippen molar-refractivity contribution in [3.63, 3.8) is 0 Å². The highest BCUT2D eigenvalue weighted by molar-refractivity contribution is 5.62. The van der Waals surface area contributed by atoms with Gasteiger partial charge >= 0.3 is 0 Å². The summed E-state index contributed by atoms with van der Waals surface area (Å²) in [5.74, 6) is 0.805. The number of hydrogen-bond acceptors (Lipinski definition) is 4. The molecule has 1 atom stereocenters. The summed E-state index contributed by atoms with van der Waals surface area (Å²) in [6.45, 7) is 8.47. The van der Waals surface area contributed by atoms with Crippen molar-refractivity contribution >= 4 is 5.69 Å². The molecule has 1 unspecified atom stereocenters. The minimum atomic E-state index is 0.511. The van der Waals surface area contributed by atoms with Crippen molar-refractivity contribution < 1.29 is 4.74 Å². The molecule has 4 nitrogen and oxygen atoms in total. The number of hydrogen-bond donors (Lipinski definition) is 0. The number of likely N-dealkylation sites (N-methyl/N-ethyl adjacent to an activating group) is 1. The fraction of sp³-hybridized carbons (Fsp3) is 0.533. The first-order valence-electron chi connectivity index (χ1n) is 6.76. The molecule has 1 fully saturated rings. The molecule has 4 heteroatoms. The Morgan fingerprint density at radius 3 is 2.79 bits per heavy atom. The van der Waals surface area contributed by atoms with Crippen molar-refractivity contribution in [3.8, 4) is 11.8 Å². The van der Waals surface area contributed by atoms with E-state index in [4.69, 9.17) is 4.74 Å². The summed E-state index contributed by atoms with van der Waals surface area (Å²) >= 11 is 0. The van der Waals surface area contributed by atoms with E-state index in [0.29, 0.717) is 6.04 Å². The number of nitriles is 1. The standard InChI is InChI=1S/C15H21N3O/c1-4-17-7-8-18(11-12(17)2)15-9-14(19-3)6-5-13(15)10-16/h5-6,9,12H,4,7-8,11H2,1-3H3. The fourth-order valence-electron chi connectivity index (χ4n) is 2.68. The predicted molar refractivity (Wildman–Crippen MR) is 76.6 cm³/mol.